The Balaban J connectivity index is 1.51. The Morgan fingerprint density at radius 1 is 1.05 bits per heavy atom. The van der Waals surface area contributed by atoms with Gasteiger partial charge < -0.3 is 30.1 Å². The van der Waals surface area contributed by atoms with Gasteiger partial charge in [0.25, 0.3) is 0 Å². The zero-order valence-electron chi connectivity index (χ0n) is 22.2. The highest BCUT2D eigenvalue weighted by molar-refractivity contribution is 7.51. The van der Waals surface area contributed by atoms with Crippen LogP contribution in [-0.2, 0) is 9.30 Å². The van der Waals surface area contributed by atoms with Crippen molar-refractivity contribution in [2.24, 2.45) is 0 Å². The van der Waals surface area contributed by atoms with E-state index in [1.165, 1.54) is 55.8 Å². The van der Waals surface area contributed by atoms with Gasteiger partial charge in [0.2, 0.25) is 5.28 Å². The number of unbranched alkanes of at least 4 members (excludes halogenated alkanes) is 9. The van der Waals surface area contributed by atoms with Crippen molar-refractivity contribution < 1.29 is 34.1 Å². The van der Waals surface area contributed by atoms with E-state index in [1.54, 1.807) is 0 Å². The molecule has 1 aliphatic heterocycles. The maximum Gasteiger partial charge on any atom is 0.325 e. The summed E-state index contributed by atoms with van der Waals surface area (Å²) in [5, 5.41) is 26.1. The molecule has 0 radical (unpaired) electrons. The third-order valence-corrected chi connectivity index (χ3v) is 7.77. The fourth-order valence-corrected chi connectivity index (χ4v) is 5.38. The van der Waals surface area contributed by atoms with Crippen molar-refractivity contribution in [3.8, 4) is 0 Å². The number of amides is 2. The first-order chi connectivity index (χ1) is 18.6. The molecule has 2 aromatic heterocycles. The highest BCUT2D eigenvalue weighted by Gasteiger charge is 2.44. The molecule has 0 bridgehead atoms. The van der Waals surface area contributed by atoms with Gasteiger partial charge in [-0.2, -0.15) is 9.97 Å². The number of carbonyl (C=O) groups is 1. The Hall–Kier alpha value is -1.86. The molecule has 4 unspecified atom stereocenters. The number of halogens is 1. The minimum absolute atomic E-state index is 0.0652. The van der Waals surface area contributed by atoms with Crippen molar-refractivity contribution in [3.05, 3.63) is 11.6 Å². The molecule has 0 aromatic carbocycles. The molecule has 6 N–H and O–H groups in total. The second-order valence-electron chi connectivity index (χ2n) is 9.95. The molecule has 2 amide bonds. The number of nitrogens with zero attached hydrogens (tertiary/aromatic N) is 4. The number of aliphatic hydroxyl groups excluding tert-OH is 2. The molecule has 220 valence electrons. The zero-order chi connectivity index (χ0) is 28.4. The van der Waals surface area contributed by atoms with E-state index in [0.717, 1.165) is 19.3 Å². The fraction of sp³-hybridized carbons (Fsp3) is 0.750. The van der Waals surface area contributed by atoms with E-state index in [1.807, 2.05) is 0 Å². The Morgan fingerprint density at radius 3 is 2.33 bits per heavy atom. The Morgan fingerprint density at radius 2 is 1.69 bits per heavy atom. The van der Waals surface area contributed by atoms with Gasteiger partial charge in [-0.25, -0.2) is 9.78 Å². The van der Waals surface area contributed by atoms with E-state index >= 15 is 0 Å². The van der Waals surface area contributed by atoms with Gasteiger partial charge in [0.1, 0.15) is 12.2 Å². The third kappa shape index (κ3) is 9.63. The summed E-state index contributed by atoms with van der Waals surface area (Å²) in [6, 6.07) is -0.471. The zero-order valence-corrected chi connectivity index (χ0v) is 23.9. The third-order valence-electron chi connectivity index (χ3n) is 6.76. The highest BCUT2D eigenvalue weighted by atomic mass is 35.5. The minimum Gasteiger partial charge on any atom is -0.388 e. The lowest BCUT2D eigenvalue weighted by Crippen LogP contribution is -2.32. The van der Waals surface area contributed by atoms with Gasteiger partial charge in [-0.05, 0) is 24.4 Å². The lowest BCUT2D eigenvalue weighted by Gasteiger charge is -2.17. The van der Waals surface area contributed by atoms with Crippen molar-refractivity contribution >= 4 is 42.2 Å². The molecule has 1 fully saturated rings. The smallest absolute Gasteiger partial charge is 0.325 e. The minimum atomic E-state index is -4.31. The van der Waals surface area contributed by atoms with Gasteiger partial charge in [0, 0.05) is 6.54 Å². The fourth-order valence-electron chi connectivity index (χ4n) is 4.62. The van der Waals surface area contributed by atoms with Crippen molar-refractivity contribution in [2.75, 3.05) is 18.0 Å². The number of fused-ring (bicyclic) bond motifs is 1. The van der Waals surface area contributed by atoms with Crippen molar-refractivity contribution in [1.82, 2.24) is 24.8 Å². The lowest BCUT2D eigenvalue weighted by atomic mass is 10.1. The summed E-state index contributed by atoms with van der Waals surface area (Å²) in [6.07, 6.45) is 7.67. The Labute approximate surface area is 232 Å². The number of urea groups is 1. The first kappa shape index (κ1) is 31.7. The van der Waals surface area contributed by atoms with Crippen LogP contribution < -0.4 is 10.6 Å². The van der Waals surface area contributed by atoms with Gasteiger partial charge in [0.15, 0.2) is 23.2 Å². The second kappa shape index (κ2) is 15.2. The number of nitrogens with one attached hydrogen (secondary N) is 2. The molecule has 3 heterocycles. The second-order valence-corrected chi connectivity index (χ2v) is 12.1. The monoisotopic (exact) mass is 590 g/mol. The number of hydrogen-bond acceptors (Lipinski definition) is 8. The predicted molar refractivity (Wildman–Crippen MR) is 147 cm³/mol. The van der Waals surface area contributed by atoms with Crippen LogP contribution in [0.15, 0.2) is 6.33 Å². The lowest BCUT2D eigenvalue weighted by molar-refractivity contribution is -0.0355. The summed E-state index contributed by atoms with van der Waals surface area (Å²) in [5.41, 5.74) is 0.337. The number of imidazole rings is 1. The number of aromatic nitrogens is 4. The molecule has 3 rings (SSSR count). The molecule has 0 saturated carbocycles. The molecule has 13 nitrogen and oxygen atoms in total. The molecule has 0 spiro atoms. The molecule has 39 heavy (non-hydrogen) atoms. The summed E-state index contributed by atoms with van der Waals surface area (Å²) in [7, 11) is -4.31. The van der Waals surface area contributed by atoms with E-state index in [0.29, 0.717) is 6.54 Å². The predicted octanol–water partition coefficient (Wildman–Crippen LogP) is 3.71. The molecule has 0 aliphatic carbocycles. The van der Waals surface area contributed by atoms with Crippen LogP contribution in [0.2, 0.25) is 5.28 Å². The van der Waals surface area contributed by atoms with Crippen molar-refractivity contribution in [2.45, 2.75) is 102 Å². The molecular weight excluding hydrogens is 551 g/mol. The molecule has 2 aromatic rings. The number of ether oxygens (including phenoxy) is 1. The van der Waals surface area contributed by atoms with Crippen LogP contribution in [0.5, 0.6) is 0 Å². The summed E-state index contributed by atoms with van der Waals surface area (Å²) >= 11 is 6.08. The largest absolute Gasteiger partial charge is 0.388 e. The normalized spacial score (nSPS) is 21.5. The summed E-state index contributed by atoms with van der Waals surface area (Å²) in [6.45, 7) is 2.73. The molecule has 1 aliphatic rings. The number of anilines is 1. The number of rotatable bonds is 16. The number of carbonyl (C=O) groups excluding carboxylic acids is 1. The van der Waals surface area contributed by atoms with E-state index in [4.69, 9.17) is 26.1 Å². The maximum atomic E-state index is 12.5. The SMILES string of the molecule is CCCCCCCCCCCCNC(=O)Nc1nc(Cl)nc2c1ncn2C1OC(CCP(=O)(O)O)C(O)C1O. The Kier molecular flexibility index (Phi) is 12.4. The molecule has 1 saturated heterocycles. The summed E-state index contributed by atoms with van der Waals surface area (Å²) < 4.78 is 18.2. The van der Waals surface area contributed by atoms with Gasteiger partial charge in [-0.3, -0.25) is 14.4 Å². The standard InChI is InChI=1S/C24H40ClN6O7P/c1-2-3-4-5-6-7-8-9-10-11-13-26-24(34)29-20-17-21(30-23(25)28-20)31(15-27-17)22-19(33)18(32)16(38-22)12-14-39(35,36)37/h15-16,18-19,22,32-33H,2-14H2,1H3,(H2,35,36,37)(H2,26,28,29,30,34). The quantitative estimate of drug-likeness (QED) is 0.0953. The van der Waals surface area contributed by atoms with Crippen LogP contribution in [0, 0.1) is 0 Å². The number of aliphatic hydroxyl groups is 2. The van der Waals surface area contributed by atoms with Gasteiger partial charge in [-0.1, -0.05) is 64.7 Å². The average molecular weight is 591 g/mol. The first-order valence-corrected chi connectivity index (χ1v) is 15.8. The Bertz CT molecular complexity index is 1120. The molecular formula is C24H40ClN6O7P. The van der Waals surface area contributed by atoms with Crippen LogP contribution in [0.3, 0.4) is 0 Å². The van der Waals surface area contributed by atoms with E-state index < -0.39 is 44.3 Å². The topological polar surface area (TPSA) is 192 Å². The number of hydrogen-bond donors (Lipinski definition) is 6. The van der Waals surface area contributed by atoms with Crippen molar-refractivity contribution in [1.29, 1.82) is 0 Å². The van der Waals surface area contributed by atoms with E-state index in [9.17, 15) is 19.6 Å². The van der Waals surface area contributed by atoms with E-state index in [2.05, 4.69) is 32.5 Å². The van der Waals surface area contributed by atoms with Gasteiger partial charge in [-0.15, -0.1) is 0 Å². The van der Waals surface area contributed by atoms with Crippen LogP contribution in [0.4, 0.5) is 10.6 Å². The van der Waals surface area contributed by atoms with Crippen LogP contribution in [0.1, 0.15) is 83.8 Å². The van der Waals surface area contributed by atoms with Gasteiger partial charge >= 0.3 is 13.6 Å². The van der Waals surface area contributed by atoms with Crippen LogP contribution >= 0.6 is 19.2 Å². The average Bonchev–Trinajstić information content (AvgIpc) is 3.41. The first-order valence-electron chi connectivity index (χ1n) is 13.6. The van der Waals surface area contributed by atoms with Crippen molar-refractivity contribution in [3.63, 3.8) is 0 Å². The maximum absolute atomic E-state index is 12.5. The molecule has 15 heteroatoms. The highest BCUT2D eigenvalue weighted by Crippen LogP contribution is 2.39. The van der Waals surface area contributed by atoms with Crippen LogP contribution in [-0.4, -0.2) is 76.6 Å². The van der Waals surface area contributed by atoms with Gasteiger partial charge in [0.05, 0.1) is 18.6 Å². The molecule has 4 atom stereocenters. The van der Waals surface area contributed by atoms with E-state index in [-0.39, 0.29) is 28.7 Å². The van der Waals surface area contributed by atoms with Crippen LogP contribution in [0.25, 0.3) is 11.2 Å². The summed E-state index contributed by atoms with van der Waals surface area (Å²) in [4.78, 5) is 43.1. The summed E-state index contributed by atoms with van der Waals surface area (Å²) in [5.74, 6) is 0.0652.